The highest BCUT2D eigenvalue weighted by molar-refractivity contribution is 5.96. The van der Waals surface area contributed by atoms with Crippen molar-refractivity contribution in [1.29, 1.82) is 0 Å². The summed E-state index contributed by atoms with van der Waals surface area (Å²) in [5.41, 5.74) is 3.98. The Morgan fingerprint density at radius 2 is 1.15 bits per heavy atom. The number of benzene rings is 2. The summed E-state index contributed by atoms with van der Waals surface area (Å²) in [7, 11) is 0. The van der Waals surface area contributed by atoms with Crippen molar-refractivity contribution in [2.45, 2.75) is 100 Å². The van der Waals surface area contributed by atoms with Crippen molar-refractivity contribution >= 4 is 10.8 Å². The fraction of sp³-hybridized carbons (Fsp3) is 0.722. The van der Waals surface area contributed by atoms with Gasteiger partial charge in [-0.1, -0.05) is 12.1 Å². The van der Waals surface area contributed by atoms with Crippen LogP contribution in [0.1, 0.15) is 88.2 Å². The molecule has 0 radical (unpaired) electrons. The summed E-state index contributed by atoms with van der Waals surface area (Å²) >= 11 is 0. The summed E-state index contributed by atoms with van der Waals surface area (Å²) in [6.45, 7) is 2.95. The third-order valence-corrected chi connectivity index (χ3v) is 12.9. The van der Waals surface area contributed by atoms with E-state index >= 15 is 0 Å². The minimum Gasteiger partial charge on any atom is -0.490 e. The Bertz CT molecular complexity index is 1280. The van der Waals surface area contributed by atoms with Crippen molar-refractivity contribution in [2.75, 3.05) is 26.4 Å². The molecule has 40 heavy (non-hydrogen) atoms. The fourth-order valence-corrected chi connectivity index (χ4v) is 12.1. The predicted molar refractivity (Wildman–Crippen MR) is 154 cm³/mol. The largest absolute Gasteiger partial charge is 0.490 e. The smallest absolute Gasteiger partial charge is 0.135 e. The van der Waals surface area contributed by atoms with Crippen LogP contribution >= 0.6 is 0 Å². The van der Waals surface area contributed by atoms with Gasteiger partial charge in [-0.05, 0) is 141 Å². The molecular formula is C36H44O4. The maximum atomic E-state index is 7.09. The fourth-order valence-electron chi connectivity index (χ4n) is 12.1. The van der Waals surface area contributed by atoms with E-state index < -0.39 is 0 Å². The summed E-state index contributed by atoms with van der Waals surface area (Å²) in [4.78, 5) is 0. The van der Waals surface area contributed by atoms with Crippen LogP contribution in [0.15, 0.2) is 24.3 Å². The van der Waals surface area contributed by atoms with Crippen LogP contribution in [0.4, 0.5) is 0 Å². The molecule has 0 N–H and O–H groups in total. The van der Waals surface area contributed by atoms with E-state index in [1.807, 2.05) is 0 Å². The van der Waals surface area contributed by atoms with Crippen LogP contribution in [0, 0.1) is 35.5 Å². The molecule has 2 atom stereocenters. The lowest BCUT2D eigenvalue weighted by Crippen LogP contribution is -2.52. The second kappa shape index (κ2) is 8.40. The molecule has 10 aliphatic rings. The minimum absolute atomic E-state index is 0.244. The topological polar surface area (TPSA) is 43.5 Å². The van der Waals surface area contributed by atoms with Crippen molar-refractivity contribution in [3.8, 4) is 11.5 Å². The zero-order valence-corrected chi connectivity index (χ0v) is 23.9. The molecule has 8 aliphatic carbocycles. The number of rotatable bonds is 8. The molecule has 4 nitrogen and oxygen atoms in total. The first kappa shape index (κ1) is 23.7. The number of ether oxygens (including phenoxy) is 4. The van der Waals surface area contributed by atoms with Gasteiger partial charge < -0.3 is 18.9 Å². The predicted octanol–water partition coefficient (Wildman–Crippen LogP) is 7.33. The van der Waals surface area contributed by atoms with E-state index in [0.717, 1.165) is 54.5 Å². The molecule has 0 aromatic heterocycles. The molecule has 2 saturated heterocycles. The summed E-state index contributed by atoms with van der Waals surface area (Å²) in [6.07, 6.45) is 17.7. The maximum absolute atomic E-state index is 7.09. The lowest BCUT2D eigenvalue weighted by molar-refractivity contribution is -0.0183. The van der Waals surface area contributed by atoms with Gasteiger partial charge in [0.25, 0.3) is 0 Å². The Morgan fingerprint density at radius 3 is 1.68 bits per heavy atom. The molecule has 12 rings (SSSR count). The third kappa shape index (κ3) is 3.70. The first-order valence-corrected chi connectivity index (χ1v) is 16.7. The molecule has 4 heteroatoms. The van der Waals surface area contributed by atoms with Crippen molar-refractivity contribution in [3.63, 3.8) is 0 Å². The van der Waals surface area contributed by atoms with Crippen LogP contribution in [-0.4, -0.2) is 38.6 Å². The van der Waals surface area contributed by atoms with E-state index in [1.165, 1.54) is 93.6 Å². The van der Waals surface area contributed by atoms with Crippen LogP contribution in [0.2, 0.25) is 0 Å². The highest BCUT2D eigenvalue weighted by Gasteiger charge is 2.58. The lowest BCUT2D eigenvalue weighted by Gasteiger charge is -2.61. The number of hydrogen-bond donors (Lipinski definition) is 0. The van der Waals surface area contributed by atoms with Crippen molar-refractivity contribution in [3.05, 3.63) is 35.4 Å². The molecule has 10 fully saturated rings. The molecule has 0 amide bonds. The Hall–Kier alpha value is -1.78. The first-order valence-electron chi connectivity index (χ1n) is 16.7. The van der Waals surface area contributed by atoms with E-state index in [2.05, 4.69) is 24.3 Å². The number of fused-ring (bicyclic) bond motifs is 1. The van der Waals surface area contributed by atoms with Gasteiger partial charge in [-0.3, -0.25) is 0 Å². The van der Waals surface area contributed by atoms with Crippen LogP contribution in [0.5, 0.6) is 11.5 Å². The van der Waals surface area contributed by atoms with Gasteiger partial charge in [0, 0.05) is 11.0 Å². The van der Waals surface area contributed by atoms with Gasteiger partial charge >= 0.3 is 0 Å². The normalized spacial score (nSPS) is 45.3. The molecule has 2 aromatic rings. The van der Waals surface area contributed by atoms with Gasteiger partial charge in [0.05, 0.1) is 18.6 Å². The summed E-state index contributed by atoms with van der Waals surface area (Å²) < 4.78 is 24.9. The Labute approximate surface area is 238 Å². The van der Waals surface area contributed by atoms with E-state index in [0.29, 0.717) is 18.6 Å². The lowest BCUT2D eigenvalue weighted by atomic mass is 9.44. The standard InChI is InChI=1S/C36H44O4/c1-2-27-10-30(35-11-21-4-22(12-35)6-23(5-21)13-35)33(36-14-24-7-25(15-36)9-26(8-24)16-36)34(40-20-29-18-38-29)32(27)31(3-1)39-19-28-17-37-28/h1-3,10,21-26,28-29H,4-9,11-20H2. The number of epoxide rings is 2. The van der Waals surface area contributed by atoms with Gasteiger partial charge in [0.1, 0.15) is 36.9 Å². The van der Waals surface area contributed by atoms with Crippen LogP contribution in [-0.2, 0) is 20.3 Å². The Kier molecular flexibility index (Phi) is 4.99. The van der Waals surface area contributed by atoms with Crippen molar-refractivity contribution in [2.24, 2.45) is 35.5 Å². The van der Waals surface area contributed by atoms with Gasteiger partial charge in [-0.15, -0.1) is 0 Å². The second-order valence-electron chi connectivity index (χ2n) is 15.9. The Morgan fingerprint density at radius 1 is 0.650 bits per heavy atom. The van der Waals surface area contributed by atoms with Gasteiger partial charge in [0.2, 0.25) is 0 Å². The summed E-state index contributed by atoms with van der Waals surface area (Å²) in [5, 5.41) is 2.54. The summed E-state index contributed by atoms with van der Waals surface area (Å²) in [6, 6.07) is 9.40. The van der Waals surface area contributed by atoms with Crippen LogP contribution in [0.3, 0.4) is 0 Å². The zero-order chi connectivity index (χ0) is 26.1. The molecule has 2 aromatic carbocycles. The first-order chi connectivity index (χ1) is 19.6. The average molecular weight is 541 g/mol. The highest BCUT2D eigenvalue weighted by Crippen LogP contribution is 2.67. The van der Waals surface area contributed by atoms with Gasteiger partial charge in [-0.2, -0.15) is 0 Å². The van der Waals surface area contributed by atoms with E-state index in [-0.39, 0.29) is 17.6 Å². The quantitative estimate of drug-likeness (QED) is 0.329. The second-order valence-corrected chi connectivity index (χ2v) is 15.9. The maximum Gasteiger partial charge on any atom is 0.135 e. The third-order valence-electron chi connectivity index (χ3n) is 12.9. The van der Waals surface area contributed by atoms with Crippen LogP contribution in [0.25, 0.3) is 10.8 Å². The SMILES string of the molecule is c1cc(OCC2CO2)c2c(OCC3CO3)c(C34CC5CC(CC(C5)C3)C4)c(C34CC5CC(CC(C5)C3)C4)cc2c1. The van der Waals surface area contributed by atoms with E-state index in [1.54, 1.807) is 11.1 Å². The Balaban J connectivity index is 1.22. The van der Waals surface area contributed by atoms with Gasteiger partial charge in [0.15, 0.2) is 0 Å². The molecule has 0 spiro atoms. The van der Waals surface area contributed by atoms with Gasteiger partial charge in [-0.25, -0.2) is 0 Å². The monoisotopic (exact) mass is 540 g/mol. The summed E-state index contributed by atoms with van der Waals surface area (Å²) in [5.74, 6) is 7.70. The number of hydrogen-bond acceptors (Lipinski definition) is 4. The van der Waals surface area contributed by atoms with Crippen molar-refractivity contribution < 1.29 is 18.9 Å². The molecule has 2 aliphatic heterocycles. The van der Waals surface area contributed by atoms with Crippen LogP contribution < -0.4 is 9.47 Å². The molecule has 2 heterocycles. The highest BCUT2D eigenvalue weighted by atomic mass is 16.6. The van der Waals surface area contributed by atoms with Crippen molar-refractivity contribution in [1.82, 2.24) is 0 Å². The minimum atomic E-state index is 0.244. The molecule has 8 saturated carbocycles. The average Bonchev–Trinajstić information content (AvgIpc) is 3.84. The van der Waals surface area contributed by atoms with E-state index in [9.17, 15) is 0 Å². The molecule has 2 unspecified atom stereocenters. The van der Waals surface area contributed by atoms with E-state index in [4.69, 9.17) is 18.9 Å². The molecule has 8 bridgehead atoms. The molecule has 212 valence electrons. The zero-order valence-electron chi connectivity index (χ0n) is 23.9. The molecular weight excluding hydrogens is 496 g/mol.